The Balaban J connectivity index is 1.28. The number of nitrogens with zero attached hydrogens (tertiary/aromatic N) is 2. The smallest absolute Gasteiger partial charge is 0.309 e. The van der Waals surface area contributed by atoms with Crippen molar-refractivity contribution in [3.05, 3.63) is 33.8 Å². The molecule has 1 aliphatic carbocycles. The number of aromatic nitrogens is 1. The Hall–Kier alpha value is -3.22. The molecule has 0 unspecified atom stereocenters. The highest BCUT2D eigenvalue weighted by Crippen LogP contribution is 2.45. The number of aryl methyl sites for hydroxylation is 1. The van der Waals surface area contributed by atoms with Gasteiger partial charge >= 0.3 is 11.9 Å². The quantitative estimate of drug-likeness (QED) is 0.218. The summed E-state index contributed by atoms with van der Waals surface area (Å²) in [4.78, 5) is 71.0. The zero-order valence-electron chi connectivity index (χ0n) is 31.0. The van der Waals surface area contributed by atoms with Crippen LogP contribution in [0, 0.1) is 36.0 Å². The lowest BCUT2D eigenvalue weighted by atomic mass is 9.72. The number of ketones is 1. The summed E-state index contributed by atoms with van der Waals surface area (Å²) in [6.07, 6.45) is 6.55. The average molecular weight is 727 g/mol. The molecule has 2 amide bonds. The van der Waals surface area contributed by atoms with Gasteiger partial charge in [-0.15, -0.1) is 11.3 Å². The Labute approximate surface area is 305 Å². The van der Waals surface area contributed by atoms with Crippen LogP contribution >= 0.6 is 11.3 Å². The second-order valence-corrected chi connectivity index (χ2v) is 17.1. The maximum Gasteiger partial charge on any atom is 0.309 e. The number of hydrogen-bond acceptors (Lipinski definition) is 11. The molecule has 0 radical (unpaired) electrons. The van der Waals surface area contributed by atoms with Crippen LogP contribution in [0.25, 0.3) is 6.08 Å². The van der Waals surface area contributed by atoms with Crippen molar-refractivity contribution in [3.63, 3.8) is 0 Å². The van der Waals surface area contributed by atoms with Gasteiger partial charge in [0.25, 0.3) is 11.8 Å². The first-order chi connectivity index (χ1) is 24.0. The number of hydrogen-bond donors (Lipinski definition) is 1. The third-order valence-electron chi connectivity index (χ3n) is 11.7. The third kappa shape index (κ3) is 9.24. The van der Waals surface area contributed by atoms with Crippen molar-refractivity contribution < 1.29 is 43.3 Å². The number of carbonyl (C=O) groups is 5. The summed E-state index contributed by atoms with van der Waals surface area (Å²) >= 11 is 1.54. The van der Waals surface area contributed by atoms with Crippen LogP contribution in [-0.2, 0) is 38.2 Å². The highest BCUT2D eigenvalue weighted by atomic mass is 32.1. The molecule has 5 rings (SSSR count). The zero-order chi connectivity index (χ0) is 37.2. The van der Waals surface area contributed by atoms with Gasteiger partial charge in [-0.25, -0.2) is 4.98 Å². The summed E-state index contributed by atoms with van der Waals surface area (Å²) in [6, 6.07) is 0. The van der Waals surface area contributed by atoms with Gasteiger partial charge in [0.1, 0.15) is 18.0 Å². The molecule has 1 saturated carbocycles. The number of epoxide rings is 1. The van der Waals surface area contributed by atoms with Crippen molar-refractivity contribution in [1.82, 2.24) is 9.88 Å². The van der Waals surface area contributed by atoms with Crippen molar-refractivity contribution in [2.45, 2.75) is 136 Å². The number of thiazole rings is 1. The molecule has 3 aliphatic heterocycles. The molecule has 7 atom stereocenters. The summed E-state index contributed by atoms with van der Waals surface area (Å²) in [5.41, 5.74) is -0.103. The highest BCUT2D eigenvalue weighted by molar-refractivity contribution is 7.09. The number of imide groups is 1. The topological polar surface area (TPSA) is 153 Å². The van der Waals surface area contributed by atoms with Gasteiger partial charge in [-0.3, -0.25) is 28.9 Å². The number of rotatable bonds is 6. The summed E-state index contributed by atoms with van der Waals surface area (Å²) < 4.78 is 18.4. The monoisotopic (exact) mass is 726 g/mol. The van der Waals surface area contributed by atoms with Crippen molar-refractivity contribution in [2.75, 3.05) is 6.54 Å². The molecule has 4 heterocycles. The lowest BCUT2D eigenvalue weighted by molar-refractivity contribution is -0.166. The van der Waals surface area contributed by atoms with Crippen LogP contribution in [0.2, 0.25) is 0 Å². The first kappa shape index (κ1) is 39.0. The van der Waals surface area contributed by atoms with E-state index in [1.807, 2.05) is 32.2 Å². The normalized spacial score (nSPS) is 35.4. The van der Waals surface area contributed by atoms with E-state index in [0.29, 0.717) is 45.1 Å². The summed E-state index contributed by atoms with van der Waals surface area (Å²) in [7, 11) is 0. The molecule has 11 nitrogen and oxygen atoms in total. The van der Waals surface area contributed by atoms with E-state index in [1.165, 1.54) is 17.1 Å². The van der Waals surface area contributed by atoms with E-state index < -0.39 is 41.2 Å². The number of amides is 2. The molecule has 0 bridgehead atoms. The lowest BCUT2D eigenvalue weighted by Crippen LogP contribution is -2.47. The maximum absolute atomic E-state index is 14.1. The Morgan fingerprint density at radius 3 is 2.37 bits per heavy atom. The van der Waals surface area contributed by atoms with Gasteiger partial charge in [0.2, 0.25) is 0 Å². The Morgan fingerprint density at radius 1 is 1.08 bits per heavy atom. The number of ether oxygens (including phenoxy) is 3. The fourth-order valence-corrected chi connectivity index (χ4v) is 8.52. The fourth-order valence-electron chi connectivity index (χ4n) is 7.95. The fraction of sp³-hybridized carbons (Fsp3) is 0.692. The molecule has 4 aliphatic rings. The van der Waals surface area contributed by atoms with Gasteiger partial charge in [-0.2, -0.15) is 0 Å². The van der Waals surface area contributed by atoms with E-state index in [1.54, 1.807) is 32.1 Å². The van der Waals surface area contributed by atoms with Crippen LogP contribution in [0.3, 0.4) is 0 Å². The molecular weight excluding hydrogens is 673 g/mol. The minimum absolute atomic E-state index is 0.116. The van der Waals surface area contributed by atoms with Crippen molar-refractivity contribution >= 4 is 46.9 Å². The summed E-state index contributed by atoms with van der Waals surface area (Å²) in [5.74, 6) is -2.99. The number of esters is 2. The minimum atomic E-state index is -1.33. The number of Topliss-reactive ketones (excluding diaryl/α,β-unsaturated/α-hetero) is 1. The van der Waals surface area contributed by atoms with E-state index in [-0.39, 0.29) is 53.8 Å². The van der Waals surface area contributed by atoms with Crippen molar-refractivity contribution in [1.29, 1.82) is 0 Å². The van der Waals surface area contributed by atoms with Crippen molar-refractivity contribution in [3.8, 4) is 0 Å². The number of fused-ring (bicyclic) bond motifs is 1. The van der Waals surface area contributed by atoms with Crippen LogP contribution in [0.15, 0.2) is 23.1 Å². The van der Waals surface area contributed by atoms with Crippen LogP contribution in [0.1, 0.15) is 110 Å². The van der Waals surface area contributed by atoms with Crippen LogP contribution in [0.5, 0.6) is 0 Å². The first-order valence-corrected chi connectivity index (χ1v) is 19.3. The molecule has 1 aromatic rings. The van der Waals surface area contributed by atoms with E-state index in [0.717, 1.165) is 29.1 Å². The predicted octanol–water partition coefficient (Wildman–Crippen LogP) is 5.76. The van der Waals surface area contributed by atoms with E-state index in [4.69, 9.17) is 14.2 Å². The van der Waals surface area contributed by atoms with Gasteiger partial charge in [-0.1, -0.05) is 34.1 Å². The Bertz CT molecular complexity index is 1540. The van der Waals surface area contributed by atoms with Gasteiger partial charge in [-0.05, 0) is 82.8 Å². The molecule has 1 N–H and O–H groups in total. The van der Waals surface area contributed by atoms with Crippen LogP contribution < -0.4 is 0 Å². The Morgan fingerprint density at radius 2 is 1.75 bits per heavy atom. The second kappa shape index (κ2) is 15.8. The van der Waals surface area contributed by atoms with Crippen LogP contribution in [-0.4, -0.2) is 81.1 Å². The predicted molar refractivity (Wildman–Crippen MR) is 191 cm³/mol. The molecule has 2 saturated heterocycles. The van der Waals surface area contributed by atoms with E-state index in [2.05, 4.69) is 11.9 Å². The number of aliphatic hydroxyl groups is 1. The molecule has 51 heavy (non-hydrogen) atoms. The van der Waals surface area contributed by atoms with Gasteiger partial charge in [0.05, 0.1) is 52.2 Å². The lowest BCUT2D eigenvalue weighted by Gasteiger charge is -2.37. The largest absolute Gasteiger partial charge is 0.461 e. The van der Waals surface area contributed by atoms with Crippen molar-refractivity contribution in [2.24, 2.45) is 29.1 Å². The molecule has 3 fully saturated rings. The second-order valence-electron chi connectivity index (χ2n) is 16.0. The molecule has 0 aromatic carbocycles. The summed E-state index contributed by atoms with van der Waals surface area (Å²) in [5, 5.41) is 14.2. The number of aliphatic hydroxyl groups excluding tert-OH is 1. The average Bonchev–Trinajstić information content (AvgIpc) is 3.33. The first-order valence-electron chi connectivity index (χ1n) is 18.4. The standard InChI is InChI=1S/C39H54N2O9S/c1-22-9-8-16-39(7)31(50-39)18-29(23(2)17-28-21-51-25(4)40-28)48-34(45)19-30(42)38(5,6)36(46)24(3)35(22)49-37(47)27-12-10-26(11-13-27)20-41-32(43)14-15-33(41)44/h14-15,17,21-22,24,26-27,29-31,35,42H,8-13,16,18-20H2,1-7H3/b23-17+/t22-,24+,26-,27-,29-,30-,31-,35-,39+/m0/s1. The van der Waals surface area contributed by atoms with Gasteiger partial charge in [0.15, 0.2) is 0 Å². The van der Waals surface area contributed by atoms with Crippen LogP contribution in [0.4, 0.5) is 0 Å². The Kier molecular flexibility index (Phi) is 12.1. The minimum Gasteiger partial charge on any atom is -0.461 e. The van der Waals surface area contributed by atoms with E-state index in [9.17, 15) is 29.1 Å². The van der Waals surface area contributed by atoms with Gasteiger partial charge < -0.3 is 19.3 Å². The molecule has 1 aromatic heterocycles. The maximum atomic E-state index is 14.1. The molecule has 0 spiro atoms. The highest BCUT2D eigenvalue weighted by Gasteiger charge is 2.53. The molecular formula is C39H54N2O9S. The van der Waals surface area contributed by atoms with E-state index >= 15 is 0 Å². The molecule has 12 heteroatoms. The SMILES string of the molecule is C/C(=C\c1csc(C)n1)[C@@H]1C[C@@H]2O[C@]2(C)CCC[C@H](C)[C@H](OC(=O)[C@H]2CC[C@H](CN3C(=O)C=CC3=O)CC2)[C@@H](C)C(=O)C(C)(C)[C@@H](O)CC(=O)O1. The zero-order valence-corrected chi connectivity index (χ0v) is 31.8. The number of cyclic esters (lactones) is 1. The molecule has 280 valence electrons. The van der Waals surface area contributed by atoms with Gasteiger partial charge in [0, 0.05) is 30.5 Å². The summed E-state index contributed by atoms with van der Waals surface area (Å²) in [6.45, 7) is 13.2. The third-order valence-corrected chi connectivity index (χ3v) is 12.5. The number of carbonyl (C=O) groups excluding carboxylic acids is 5.